The van der Waals surface area contributed by atoms with Crippen molar-refractivity contribution in [3.8, 4) is 0 Å². The lowest BCUT2D eigenvalue weighted by molar-refractivity contribution is 0.282. The predicted octanol–water partition coefficient (Wildman–Crippen LogP) is 2.52. The Morgan fingerprint density at radius 2 is 1.89 bits per heavy atom. The zero-order valence-electron chi connectivity index (χ0n) is 10.8. The lowest BCUT2D eigenvalue weighted by atomic mass is 10.1. The van der Waals surface area contributed by atoms with Crippen LogP contribution in [0.2, 0.25) is 0 Å². The van der Waals surface area contributed by atoms with E-state index in [0.29, 0.717) is 0 Å². The smallest absolute Gasteiger partial charge is 0.0702 e. The van der Waals surface area contributed by atoms with E-state index in [0.717, 1.165) is 29.2 Å². The molecule has 0 radical (unpaired) electrons. The second-order valence-corrected chi connectivity index (χ2v) is 4.41. The van der Waals surface area contributed by atoms with Crippen LogP contribution in [0.1, 0.15) is 17.0 Å². The van der Waals surface area contributed by atoms with Gasteiger partial charge in [-0.2, -0.15) is 0 Å². The standard InChI is InChI=1S/C15H18N2O/c1-12-6-5-8-14(16-12)10-17(2)15-9-4-3-7-13(15)11-18/h3-9,18H,10-11H2,1-2H3. The zero-order valence-corrected chi connectivity index (χ0v) is 10.8. The van der Waals surface area contributed by atoms with Gasteiger partial charge in [-0.25, -0.2) is 0 Å². The van der Waals surface area contributed by atoms with Crippen LogP contribution < -0.4 is 4.90 Å². The molecule has 0 fully saturated rings. The molecule has 18 heavy (non-hydrogen) atoms. The highest BCUT2D eigenvalue weighted by Gasteiger charge is 2.07. The minimum Gasteiger partial charge on any atom is -0.392 e. The van der Waals surface area contributed by atoms with Gasteiger partial charge in [-0.3, -0.25) is 4.98 Å². The number of aromatic nitrogens is 1. The molecule has 94 valence electrons. The van der Waals surface area contributed by atoms with E-state index < -0.39 is 0 Å². The van der Waals surface area contributed by atoms with Crippen molar-refractivity contribution in [1.82, 2.24) is 4.98 Å². The molecule has 0 unspecified atom stereocenters. The van der Waals surface area contributed by atoms with E-state index in [2.05, 4.69) is 9.88 Å². The van der Waals surface area contributed by atoms with Gasteiger partial charge in [0.05, 0.1) is 18.8 Å². The van der Waals surface area contributed by atoms with E-state index in [4.69, 9.17) is 0 Å². The van der Waals surface area contributed by atoms with Crippen LogP contribution in [0.25, 0.3) is 0 Å². The van der Waals surface area contributed by atoms with Crippen LogP contribution >= 0.6 is 0 Å². The normalized spacial score (nSPS) is 10.4. The largest absolute Gasteiger partial charge is 0.392 e. The average molecular weight is 242 g/mol. The van der Waals surface area contributed by atoms with E-state index in [1.165, 1.54) is 0 Å². The Balaban J connectivity index is 2.19. The minimum atomic E-state index is 0.0573. The number of hydrogen-bond acceptors (Lipinski definition) is 3. The van der Waals surface area contributed by atoms with Gasteiger partial charge in [0, 0.05) is 24.0 Å². The van der Waals surface area contributed by atoms with Crippen molar-refractivity contribution in [2.45, 2.75) is 20.1 Å². The maximum atomic E-state index is 9.34. The second-order valence-electron chi connectivity index (χ2n) is 4.41. The molecule has 0 spiro atoms. The topological polar surface area (TPSA) is 36.4 Å². The molecule has 0 amide bonds. The van der Waals surface area contributed by atoms with Crippen molar-refractivity contribution >= 4 is 5.69 Å². The second kappa shape index (κ2) is 5.65. The Hall–Kier alpha value is -1.87. The summed E-state index contributed by atoms with van der Waals surface area (Å²) in [6.07, 6.45) is 0. The fourth-order valence-corrected chi connectivity index (χ4v) is 2.03. The Kier molecular flexibility index (Phi) is 3.95. The van der Waals surface area contributed by atoms with E-state index in [1.54, 1.807) is 0 Å². The van der Waals surface area contributed by atoms with Crippen molar-refractivity contribution in [2.75, 3.05) is 11.9 Å². The third-order valence-corrected chi connectivity index (χ3v) is 2.92. The van der Waals surface area contributed by atoms with Gasteiger partial charge in [-0.05, 0) is 25.1 Å². The van der Waals surface area contributed by atoms with E-state index in [1.807, 2.05) is 56.4 Å². The fourth-order valence-electron chi connectivity index (χ4n) is 2.03. The van der Waals surface area contributed by atoms with Crippen LogP contribution in [-0.2, 0) is 13.2 Å². The van der Waals surface area contributed by atoms with Crippen LogP contribution in [0.3, 0.4) is 0 Å². The maximum absolute atomic E-state index is 9.34. The first-order valence-corrected chi connectivity index (χ1v) is 6.03. The number of benzene rings is 1. The number of aryl methyl sites for hydroxylation is 1. The molecule has 3 heteroatoms. The van der Waals surface area contributed by atoms with E-state index in [-0.39, 0.29) is 6.61 Å². The van der Waals surface area contributed by atoms with E-state index in [9.17, 15) is 5.11 Å². The van der Waals surface area contributed by atoms with Crippen LogP contribution in [0, 0.1) is 6.92 Å². The van der Waals surface area contributed by atoms with Gasteiger partial charge in [0.2, 0.25) is 0 Å². The molecule has 0 aliphatic rings. The Morgan fingerprint density at radius 1 is 1.11 bits per heavy atom. The molecule has 1 heterocycles. The monoisotopic (exact) mass is 242 g/mol. The molecule has 1 aromatic heterocycles. The zero-order chi connectivity index (χ0) is 13.0. The molecule has 3 nitrogen and oxygen atoms in total. The Bertz CT molecular complexity index is 525. The first kappa shape index (κ1) is 12.6. The first-order valence-electron chi connectivity index (χ1n) is 6.03. The number of nitrogens with zero attached hydrogens (tertiary/aromatic N) is 2. The number of aliphatic hydroxyl groups is 1. The molecular weight excluding hydrogens is 224 g/mol. The van der Waals surface area contributed by atoms with Crippen molar-refractivity contribution in [1.29, 1.82) is 0 Å². The highest BCUT2D eigenvalue weighted by atomic mass is 16.3. The van der Waals surface area contributed by atoms with Crippen molar-refractivity contribution in [3.05, 3.63) is 59.4 Å². The van der Waals surface area contributed by atoms with Gasteiger partial charge in [0.1, 0.15) is 0 Å². The lowest BCUT2D eigenvalue weighted by Gasteiger charge is -2.21. The number of aliphatic hydroxyl groups excluding tert-OH is 1. The molecule has 0 aliphatic carbocycles. The average Bonchev–Trinajstić information content (AvgIpc) is 2.38. The summed E-state index contributed by atoms with van der Waals surface area (Å²) in [5, 5.41) is 9.34. The van der Waals surface area contributed by atoms with Crippen molar-refractivity contribution in [2.24, 2.45) is 0 Å². The summed E-state index contributed by atoms with van der Waals surface area (Å²) in [6, 6.07) is 13.9. The van der Waals surface area contributed by atoms with Crippen molar-refractivity contribution < 1.29 is 5.11 Å². The van der Waals surface area contributed by atoms with Gasteiger partial charge in [-0.1, -0.05) is 24.3 Å². The summed E-state index contributed by atoms with van der Waals surface area (Å²) >= 11 is 0. The predicted molar refractivity (Wildman–Crippen MR) is 73.4 cm³/mol. The summed E-state index contributed by atoms with van der Waals surface area (Å²) in [4.78, 5) is 6.59. The number of pyridine rings is 1. The molecule has 0 atom stereocenters. The summed E-state index contributed by atoms with van der Waals surface area (Å²) in [5.41, 5.74) is 4.04. The van der Waals surface area contributed by atoms with Gasteiger partial charge < -0.3 is 10.0 Å². The molecule has 0 saturated heterocycles. The van der Waals surface area contributed by atoms with Crippen LogP contribution in [0.15, 0.2) is 42.5 Å². The summed E-state index contributed by atoms with van der Waals surface area (Å²) in [7, 11) is 2.01. The molecule has 0 saturated carbocycles. The molecule has 0 bridgehead atoms. The highest BCUT2D eigenvalue weighted by Crippen LogP contribution is 2.20. The van der Waals surface area contributed by atoms with Gasteiger partial charge in [0.25, 0.3) is 0 Å². The summed E-state index contributed by atoms with van der Waals surface area (Å²) < 4.78 is 0. The highest BCUT2D eigenvalue weighted by molar-refractivity contribution is 5.52. The summed E-state index contributed by atoms with van der Waals surface area (Å²) in [6.45, 7) is 2.78. The maximum Gasteiger partial charge on any atom is 0.0702 e. The van der Waals surface area contributed by atoms with Gasteiger partial charge in [-0.15, -0.1) is 0 Å². The van der Waals surface area contributed by atoms with Gasteiger partial charge in [0.15, 0.2) is 0 Å². The quantitative estimate of drug-likeness (QED) is 0.895. The van der Waals surface area contributed by atoms with Crippen molar-refractivity contribution in [3.63, 3.8) is 0 Å². The molecule has 2 rings (SSSR count). The minimum absolute atomic E-state index is 0.0573. The number of hydrogen-bond donors (Lipinski definition) is 1. The van der Waals surface area contributed by atoms with Crippen LogP contribution in [0.4, 0.5) is 5.69 Å². The number of anilines is 1. The lowest BCUT2D eigenvalue weighted by Crippen LogP contribution is -2.18. The SMILES string of the molecule is Cc1cccc(CN(C)c2ccccc2CO)n1. The summed E-state index contributed by atoms with van der Waals surface area (Å²) in [5.74, 6) is 0. The third kappa shape index (κ3) is 2.87. The molecular formula is C15H18N2O. The number of para-hydroxylation sites is 1. The first-order chi connectivity index (χ1) is 8.70. The Labute approximate surface area is 108 Å². The number of rotatable bonds is 4. The molecule has 1 aromatic carbocycles. The van der Waals surface area contributed by atoms with Crippen LogP contribution in [0.5, 0.6) is 0 Å². The fraction of sp³-hybridized carbons (Fsp3) is 0.267. The third-order valence-electron chi connectivity index (χ3n) is 2.92. The molecule has 1 N–H and O–H groups in total. The van der Waals surface area contributed by atoms with E-state index >= 15 is 0 Å². The molecule has 2 aromatic rings. The Morgan fingerprint density at radius 3 is 2.61 bits per heavy atom. The van der Waals surface area contributed by atoms with Crippen LogP contribution in [-0.4, -0.2) is 17.1 Å². The van der Waals surface area contributed by atoms with Gasteiger partial charge >= 0.3 is 0 Å². The molecule has 0 aliphatic heterocycles.